The highest BCUT2D eigenvalue weighted by atomic mass is 16.2. The number of carbonyl (C=O) groups is 1. The minimum Gasteiger partial charge on any atom is -0.343 e. The van der Waals surface area contributed by atoms with Gasteiger partial charge in [0, 0.05) is 19.5 Å². The summed E-state index contributed by atoms with van der Waals surface area (Å²) in [6.45, 7) is 7.29. The van der Waals surface area contributed by atoms with Crippen LogP contribution < -0.4 is 5.73 Å². The largest absolute Gasteiger partial charge is 0.343 e. The Bertz CT molecular complexity index is 283. The summed E-state index contributed by atoms with van der Waals surface area (Å²) in [7, 11) is 4.11. The molecule has 1 aliphatic heterocycles. The van der Waals surface area contributed by atoms with E-state index in [0.29, 0.717) is 24.9 Å². The topological polar surface area (TPSA) is 49.6 Å². The lowest BCUT2D eigenvalue weighted by Crippen LogP contribution is -2.44. The van der Waals surface area contributed by atoms with E-state index in [4.69, 9.17) is 5.73 Å². The van der Waals surface area contributed by atoms with Gasteiger partial charge in [-0.25, -0.2) is 0 Å². The molecular weight excluding hydrogens is 238 g/mol. The van der Waals surface area contributed by atoms with Crippen molar-refractivity contribution in [2.24, 2.45) is 11.1 Å². The van der Waals surface area contributed by atoms with Crippen molar-refractivity contribution in [3.05, 3.63) is 0 Å². The molecule has 0 aliphatic carbocycles. The number of carbonyl (C=O) groups excluding carboxylic acids is 1. The molecule has 0 aromatic rings. The minimum absolute atomic E-state index is 0.179. The zero-order chi connectivity index (χ0) is 14.5. The van der Waals surface area contributed by atoms with Crippen LogP contribution in [0.5, 0.6) is 0 Å². The third-order valence-corrected chi connectivity index (χ3v) is 4.47. The normalized spacial score (nSPS) is 18.6. The van der Waals surface area contributed by atoms with E-state index < -0.39 is 0 Å². The summed E-state index contributed by atoms with van der Waals surface area (Å²) in [5.41, 5.74) is 5.79. The van der Waals surface area contributed by atoms with E-state index in [1.54, 1.807) is 0 Å². The molecule has 1 amide bonds. The molecule has 0 aromatic carbocycles. The Kier molecular flexibility index (Phi) is 6.27. The average molecular weight is 269 g/mol. The summed E-state index contributed by atoms with van der Waals surface area (Å²) in [6.07, 6.45) is 4.77. The molecule has 19 heavy (non-hydrogen) atoms. The summed E-state index contributed by atoms with van der Waals surface area (Å²) < 4.78 is 0. The molecule has 4 heteroatoms. The molecule has 0 spiro atoms. The Hall–Kier alpha value is -0.610. The van der Waals surface area contributed by atoms with Crippen LogP contribution in [0.4, 0.5) is 0 Å². The Labute approximate surface area is 118 Å². The fourth-order valence-electron chi connectivity index (χ4n) is 2.72. The lowest BCUT2D eigenvalue weighted by molar-refractivity contribution is -0.133. The van der Waals surface area contributed by atoms with Gasteiger partial charge in [-0.3, -0.25) is 4.79 Å². The van der Waals surface area contributed by atoms with Crippen LogP contribution in [0.15, 0.2) is 0 Å². The molecule has 112 valence electrons. The van der Waals surface area contributed by atoms with Crippen LogP contribution in [-0.4, -0.2) is 55.5 Å². The molecule has 0 bridgehead atoms. The molecule has 4 nitrogen and oxygen atoms in total. The number of likely N-dealkylation sites (tertiary alicyclic amines) is 1. The molecule has 0 unspecified atom stereocenters. The Morgan fingerprint density at radius 1 is 1.32 bits per heavy atom. The molecule has 1 saturated heterocycles. The van der Waals surface area contributed by atoms with Gasteiger partial charge >= 0.3 is 0 Å². The third-order valence-electron chi connectivity index (χ3n) is 4.47. The minimum atomic E-state index is 0.179. The predicted octanol–water partition coefficient (Wildman–Crippen LogP) is 1.69. The van der Waals surface area contributed by atoms with Gasteiger partial charge in [0.2, 0.25) is 5.91 Å². The summed E-state index contributed by atoms with van der Waals surface area (Å²) in [5, 5.41) is 0. The van der Waals surface area contributed by atoms with Crippen LogP contribution in [-0.2, 0) is 4.79 Å². The second-order valence-electron chi connectivity index (χ2n) is 6.74. The fourth-order valence-corrected chi connectivity index (χ4v) is 2.72. The van der Waals surface area contributed by atoms with Crippen LogP contribution >= 0.6 is 0 Å². The summed E-state index contributed by atoms with van der Waals surface area (Å²) in [6, 6.07) is 0.432. The van der Waals surface area contributed by atoms with Gasteiger partial charge in [0.25, 0.3) is 0 Å². The maximum atomic E-state index is 12.3. The van der Waals surface area contributed by atoms with Crippen LogP contribution in [0.1, 0.15) is 46.0 Å². The summed E-state index contributed by atoms with van der Waals surface area (Å²) >= 11 is 0. The van der Waals surface area contributed by atoms with Crippen LogP contribution in [0.2, 0.25) is 0 Å². The van der Waals surface area contributed by atoms with Crippen LogP contribution in [0.3, 0.4) is 0 Å². The van der Waals surface area contributed by atoms with Crippen molar-refractivity contribution in [1.82, 2.24) is 9.80 Å². The van der Waals surface area contributed by atoms with E-state index in [-0.39, 0.29) is 5.41 Å². The monoisotopic (exact) mass is 269 g/mol. The lowest BCUT2D eigenvalue weighted by atomic mass is 9.84. The molecule has 0 aromatic heterocycles. The first-order valence-electron chi connectivity index (χ1n) is 7.50. The Morgan fingerprint density at radius 2 is 1.89 bits per heavy atom. The zero-order valence-corrected chi connectivity index (χ0v) is 13.1. The maximum absolute atomic E-state index is 12.3. The first kappa shape index (κ1) is 16.4. The van der Waals surface area contributed by atoms with Gasteiger partial charge in [-0.05, 0) is 57.8 Å². The van der Waals surface area contributed by atoms with Crippen molar-refractivity contribution in [1.29, 1.82) is 0 Å². The van der Waals surface area contributed by atoms with E-state index in [1.165, 1.54) is 0 Å². The fraction of sp³-hybridized carbons (Fsp3) is 0.933. The average Bonchev–Trinajstić information content (AvgIpc) is 2.36. The number of nitrogens with two attached hydrogens (primary N) is 1. The highest BCUT2D eigenvalue weighted by molar-refractivity contribution is 5.76. The smallest absolute Gasteiger partial charge is 0.222 e. The van der Waals surface area contributed by atoms with E-state index in [0.717, 1.165) is 38.8 Å². The molecule has 0 atom stereocenters. The number of hydrogen-bond acceptors (Lipinski definition) is 3. The molecule has 1 aliphatic rings. The van der Waals surface area contributed by atoms with Gasteiger partial charge in [0.1, 0.15) is 0 Å². The maximum Gasteiger partial charge on any atom is 0.222 e. The number of hydrogen-bond donors (Lipinski definition) is 1. The second kappa shape index (κ2) is 7.25. The van der Waals surface area contributed by atoms with E-state index in [2.05, 4.69) is 25.8 Å². The van der Waals surface area contributed by atoms with E-state index in [1.807, 2.05) is 11.9 Å². The SMILES string of the molecule is CN1CCC(N(C)C(=O)CCC(C)(C)CCN)CC1. The van der Waals surface area contributed by atoms with Crippen molar-refractivity contribution in [2.45, 2.75) is 52.0 Å². The van der Waals surface area contributed by atoms with Gasteiger partial charge in [0.15, 0.2) is 0 Å². The van der Waals surface area contributed by atoms with Gasteiger partial charge in [-0.1, -0.05) is 13.8 Å². The van der Waals surface area contributed by atoms with Gasteiger partial charge in [-0.15, -0.1) is 0 Å². The van der Waals surface area contributed by atoms with Crippen molar-refractivity contribution >= 4 is 5.91 Å². The summed E-state index contributed by atoms with van der Waals surface area (Å²) in [4.78, 5) is 16.6. The lowest BCUT2D eigenvalue weighted by Gasteiger charge is -2.35. The molecule has 0 saturated carbocycles. The van der Waals surface area contributed by atoms with E-state index in [9.17, 15) is 4.79 Å². The first-order chi connectivity index (χ1) is 8.85. The number of rotatable bonds is 6. The molecule has 0 radical (unpaired) electrons. The predicted molar refractivity (Wildman–Crippen MR) is 80.0 cm³/mol. The van der Waals surface area contributed by atoms with Crippen LogP contribution in [0.25, 0.3) is 0 Å². The number of piperidine rings is 1. The second-order valence-corrected chi connectivity index (χ2v) is 6.74. The Balaban J connectivity index is 2.36. The molecule has 2 N–H and O–H groups in total. The standard InChI is InChI=1S/C15H31N3O/c1-15(2,9-10-16)8-5-14(19)18(4)13-6-11-17(3)12-7-13/h13H,5-12,16H2,1-4H3. The van der Waals surface area contributed by atoms with Crippen LogP contribution in [0, 0.1) is 5.41 Å². The zero-order valence-electron chi connectivity index (χ0n) is 13.1. The molecule has 1 fully saturated rings. The van der Waals surface area contributed by atoms with E-state index >= 15 is 0 Å². The van der Waals surface area contributed by atoms with Crippen molar-refractivity contribution in [2.75, 3.05) is 33.7 Å². The third kappa shape index (κ3) is 5.49. The quantitative estimate of drug-likeness (QED) is 0.798. The first-order valence-corrected chi connectivity index (χ1v) is 7.50. The van der Waals surface area contributed by atoms with Gasteiger partial charge in [0.05, 0.1) is 0 Å². The molecular formula is C15H31N3O. The highest BCUT2D eigenvalue weighted by Crippen LogP contribution is 2.26. The molecule has 1 heterocycles. The van der Waals surface area contributed by atoms with Gasteiger partial charge < -0.3 is 15.5 Å². The van der Waals surface area contributed by atoms with Crippen molar-refractivity contribution < 1.29 is 4.79 Å². The van der Waals surface area contributed by atoms with Gasteiger partial charge in [-0.2, -0.15) is 0 Å². The Morgan fingerprint density at radius 3 is 2.42 bits per heavy atom. The van der Waals surface area contributed by atoms with Crippen molar-refractivity contribution in [3.8, 4) is 0 Å². The number of nitrogens with zero attached hydrogens (tertiary/aromatic N) is 2. The molecule has 1 rings (SSSR count). The van der Waals surface area contributed by atoms with Crippen molar-refractivity contribution in [3.63, 3.8) is 0 Å². The summed E-state index contributed by atoms with van der Waals surface area (Å²) in [5.74, 6) is 0.291. The number of amides is 1. The highest BCUT2D eigenvalue weighted by Gasteiger charge is 2.25.